The quantitative estimate of drug-likeness (QED) is 0.791. The maximum Gasteiger partial charge on any atom is 0.180 e. The standard InChI is InChI=1S/C10H16N2OS/c11-10-12-8(6-14-10)9(13)7-4-2-1-3-5-7/h6-7,9,13H,1-5H2,(H2,11,12). The Morgan fingerprint density at radius 1 is 1.43 bits per heavy atom. The zero-order valence-corrected chi connectivity index (χ0v) is 8.96. The first-order valence-corrected chi connectivity index (χ1v) is 6.04. The molecule has 1 atom stereocenters. The number of anilines is 1. The van der Waals surface area contributed by atoms with Gasteiger partial charge in [-0.3, -0.25) is 0 Å². The summed E-state index contributed by atoms with van der Waals surface area (Å²) in [5.74, 6) is 0.394. The molecule has 0 saturated heterocycles. The van der Waals surface area contributed by atoms with Crippen LogP contribution in [0, 0.1) is 5.92 Å². The largest absolute Gasteiger partial charge is 0.386 e. The number of rotatable bonds is 2. The Kier molecular flexibility index (Phi) is 3.03. The van der Waals surface area contributed by atoms with Crippen molar-refractivity contribution in [2.45, 2.75) is 38.2 Å². The first kappa shape index (κ1) is 9.93. The zero-order valence-electron chi connectivity index (χ0n) is 8.15. The molecule has 1 aliphatic rings. The molecule has 0 spiro atoms. The lowest BCUT2D eigenvalue weighted by atomic mass is 9.84. The third kappa shape index (κ3) is 2.07. The highest BCUT2D eigenvalue weighted by molar-refractivity contribution is 7.13. The molecule has 3 N–H and O–H groups in total. The smallest absolute Gasteiger partial charge is 0.180 e. The van der Waals surface area contributed by atoms with E-state index in [-0.39, 0.29) is 0 Å². The fraction of sp³-hybridized carbons (Fsp3) is 0.700. The van der Waals surface area contributed by atoms with Gasteiger partial charge in [0.2, 0.25) is 0 Å². The van der Waals surface area contributed by atoms with Crippen LogP contribution in [-0.4, -0.2) is 10.1 Å². The minimum absolute atomic E-state index is 0.394. The summed E-state index contributed by atoms with van der Waals surface area (Å²) in [5, 5.41) is 12.5. The highest BCUT2D eigenvalue weighted by atomic mass is 32.1. The van der Waals surface area contributed by atoms with Gasteiger partial charge in [0.25, 0.3) is 0 Å². The van der Waals surface area contributed by atoms with Crippen molar-refractivity contribution >= 4 is 16.5 Å². The van der Waals surface area contributed by atoms with Gasteiger partial charge in [-0.2, -0.15) is 0 Å². The molecule has 1 saturated carbocycles. The van der Waals surface area contributed by atoms with E-state index in [0.717, 1.165) is 18.5 Å². The number of thiazole rings is 1. The summed E-state index contributed by atoms with van der Waals surface area (Å²) in [6.45, 7) is 0. The third-order valence-corrected chi connectivity index (χ3v) is 3.63. The Balaban J connectivity index is 2.03. The Hall–Kier alpha value is -0.610. The summed E-state index contributed by atoms with van der Waals surface area (Å²) in [6, 6.07) is 0. The molecule has 1 unspecified atom stereocenters. The first-order valence-electron chi connectivity index (χ1n) is 5.16. The lowest BCUT2D eigenvalue weighted by Gasteiger charge is -2.25. The summed E-state index contributed by atoms with van der Waals surface area (Å²) in [6.07, 6.45) is 5.63. The van der Waals surface area contributed by atoms with E-state index >= 15 is 0 Å². The van der Waals surface area contributed by atoms with Crippen LogP contribution in [0.25, 0.3) is 0 Å². The molecule has 0 aromatic carbocycles. The van der Waals surface area contributed by atoms with Gasteiger partial charge in [-0.15, -0.1) is 11.3 Å². The number of nitrogens with zero attached hydrogens (tertiary/aromatic N) is 1. The summed E-state index contributed by atoms with van der Waals surface area (Å²) in [7, 11) is 0. The second-order valence-corrected chi connectivity index (χ2v) is 4.84. The lowest BCUT2D eigenvalue weighted by Crippen LogP contribution is -2.16. The molecule has 4 heteroatoms. The molecule has 1 heterocycles. The first-order chi connectivity index (χ1) is 6.77. The fourth-order valence-electron chi connectivity index (χ4n) is 2.13. The van der Waals surface area contributed by atoms with Crippen LogP contribution < -0.4 is 5.73 Å². The van der Waals surface area contributed by atoms with Crippen LogP contribution in [-0.2, 0) is 0 Å². The Bertz CT molecular complexity index is 294. The van der Waals surface area contributed by atoms with E-state index in [0.29, 0.717) is 11.0 Å². The molecule has 0 radical (unpaired) electrons. The zero-order chi connectivity index (χ0) is 9.97. The van der Waals surface area contributed by atoms with Crippen LogP contribution in [0.3, 0.4) is 0 Å². The molecule has 14 heavy (non-hydrogen) atoms. The van der Waals surface area contributed by atoms with Crippen molar-refractivity contribution in [3.05, 3.63) is 11.1 Å². The topological polar surface area (TPSA) is 59.1 Å². The van der Waals surface area contributed by atoms with Crippen molar-refractivity contribution in [3.8, 4) is 0 Å². The van der Waals surface area contributed by atoms with Gasteiger partial charge in [0.15, 0.2) is 5.13 Å². The Morgan fingerprint density at radius 3 is 2.71 bits per heavy atom. The highest BCUT2D eigenvalue weighted by Gasteiger charge is 2.24. The van der Waals surface area contributed by atoms with Crippen LogP contribution in [0.2, 0.25) is 0 Å². The molecule has 1 aromatic heterocycles. The average molecular weight is 212 g/mol. The number of hydrogen-bond donors (Lipinski definition) is 2. The second-order valence-electron chi connectivity index (χ2n) is 3.95. The highest BCUT2D eigenvalue weighted by Crippen LogP contribution is 2.34. The molecule has 1 fully saturated rings. The van der Waals surface area contributed by atoms with Crippen molar-refractivity contribution < 1.29 is 5.11 Å². The van der Waals surface area contributed by atoms with Gasteiger partial charge in [0.05, 0.1) is 11.8 Å². The summed E-state index contributed by atoms with van der Waals surface area (Å²) < 4.78 is 0. The van der Waals surface area contributed by atoms with Gasteiger partial charge in [0, 0.05) is 5.38 Å². The van der Waals surface area contributed by atoms with E-state index in [2.05, 4.69) is 4.98 Å². The van der Waals surface area contributed by atoms with Gasteiger partial charge >= 0.3 is 0 Å². The van der Waals surface area contributed by atoms with E-state index in [1.807, 2.05) is 5.38 Å². The second kappa shape index (κ2) is 4.28. The van der Waals surface area contributed by atoms with Crippen molar-refractivity contribution in [3.63, 3.8) is 0 Å². The normalized spacial score (nSPS) is 20.9. The van der Waals surface area contributed by atoms with E-state index in [4.69, 9.17) is 5.73 Å². The number of aromatic nitrogens is 1. The van der Waals surface area contributed by atoms with Gasteiger partial charge < -0.3 is 10.8 Å². The van der Waals surface area contributed by atoms with E-state index in [1.165, 1.54) is 30.6 Å². The van der Waals surface area contributed by atoms with Gasteiger partial charge in [-0.1, -0.05) is 19.3 Å². The van der Waals surface area contributed by atoms with Crippen molar-refractivity contribution in [2.75, 3.05) is 5.73 Å². The molecule has 3 nitrogen and oxygen atoms in total. The molecular weight excluding hydrogens is 196 g/mol. The molecular formula is C10H16N2OS. The molecule has 78 valence electrons. The van der Waals surface area contributed by atoms with Crippen LogP contribution >= 0.6 is 11.3 Å². The monoisotopic (exact) mass is 212 g/mol. The predicted octanol–water partition coefficient (Wildman–Crippen LogP) is 2.34. The maximum atomic E-state index is 10.0. The number of hydrogen-bond acceptors (Lipinski definition) is 4. The number of aliphatic hydroxyl groups is 1. The summed E-state index contributed by atoms with van der Waals surface area (Å²) in [5.41, 5.74) is 6.31. The van der Waals surface area contributed by atoms with Crippen LogP contribution in [0.5, 0.6) is 0 Å². The maximum absolute atomic E-state index is 10.0. The van der Waals surface area contributed by atoms with Crippen LogP contribution in [0.4, 0.5) is 5.13 Å². The molecule has 1 aliphatic carbocycles. The molecule has 1 aromatic rings. The number of nitrogens with two attached hydrogens (primary N) is 1. The Labute approximate surface area is 88.0 Å². The number of aliphatic hydroxyl groups excluding tert-OH is 1. The minimum Gasteiger partial charge on any atom is -0.386 e. The lowest BCUT2D eigenvalue weighted by molar-refractivity contribution is 0.0818. The SMILES string of the molecule is Nc1nc(C(O)C2CCCCC2)cs1. The molecule has 0 aliphatic heterocycles. The van der Waals surface area contributed by atoms with E-state index in [1.54, 1.807) is 0 Å². The predicted molar refractivity (Wildman–Crippen MR) is 58.1 cm³/mol. The minimum atomic E-state index is -0.399. The molecule has 0 amide bonds. The average Bonchev–Trinajstić information content (AvgIpc) is 2.65. The third-order valence-electron chi connectivity index (χ3n) is 2.94. The van der Waals surface area contributed by atoms with Crippen molar-refractivity contribution in [1.82, 2.24) is 4.98 Å². The molecule has 2 rings (SSSR count). The summed E-state index contributed by atoms with van der Waals surface area (Å²) >= 11 is 1.40. The van der Waals surface area contributed by atoms with Crippen LogP contribution in [0.1, 0.15) is 43.9 Å². The fourth-order valence-corrected chi connectivity index (χ4v) is 2.72. The van der Waals surface area contributed by atoms with Gasteiger partial charge in [-0.05, 0) is 18.8 Å². The van der Waals surface area contributed by atoms with E-state index in [9.17, 15) is 5.11 Å². The number of nitrogen functional groups attached to an aromatic ring is 1. The van der Waals surface area contributed by atoms with Crippen LogP contribution in [0.15, 0.2) is 5.38 Å². The van der Waals surface area contributed by atoms with Crippen molar-refractivity contribution in [1.29, 1.82) is 0 Å². The van der Waals surface area contributed by atoms with E-state index < -0.39 is 6.10 Å². The van der Waals surface area contributed by atoms with Gasteiger partial charge in [0.1, 0.15) is 0 Å². The summed E-state index contributed by atoms with van der Waals surface area (Å²) in [4.78, 5) is 4.13. The Morgan fingerprint density at radius 2 is 2.14 bits per heavy atom. The van der Waals surface area contributed by atoms with Gasteiger partial charge in [-0.25, -0.2) is 4.98 Å². The molecule has 0 bridgehead atoms. The van der Waals surface area contributed by atoms with Crippen molar-refractivity contribution in [2.24, 2.45) is 5.92 Å².